The number of benzene rings is 1. The number of hydrogen-bond acceptors (Lipinski definition) is 3. The molecule has 1 N–H and O–H groups in total. The molecule has 0 spiro atoms. The Morgan fingerprint density at radius 1 is 1.26 bits per heavy atom. The fourth-order valence-corrected chi connectivity index (χ4v) is 5.60. The molecule has 0 aliphatic rings. The van der Waals surface area contributed by atoms with Crippen molar-refractivity contribution in [2.45, 2.75) is 11.1 Å². The number of nitrogens with one attached hydrogen (secondary N) is 1. The first kappa shape index (κ1) is 15.7. The lowest BCUT2D eigenvalue weighted by molar-refractivity contribution is 0.603. The molecular weight excluding hydrogens is 529 g/mol. The molecule has 0 aliphatic carbocycles. The van der Waals surface area contributed by atoms with Crippen LogP contribution in [0.2, 0.25) is 0 Å². The molecule has 0 saturated heterocycles. The highest BCUT2D eigenvalue weighted by atomic mass is 127. The first-order valence-electron chi connectivity index (χ1n) is 5.03. The molecule has 102 valence electrons. The van der Waals surface area contributed by atoms with Crippen molar-refractivity contribution < 1.29 is 8.42 Å². The van der Waals surface area contributed by atoms with Crippen LogP contribution in [0.25, 0.3) is 0 Å². The Morgan fingerprint density at radius 2 is 1.95 bits per heavy atom. The van der Waals surface area contributed by atoms with Crippen molar-refractivity contribution in [3.63, 3.8) is 0 Å². The summed E-state index contributed by atoms with van der Waals surface area (Å²) >= 11 is 10.0. The quantitative estimate of drug-likeness (QED) is 0.562. The van der Waals surface area contributed by atoms with Crippen molar-refractivity contribution in [3.05, 3.63) is 41.7 Å². The van der Waals surface area contributed by atoms with Crippen LogP contribution in [0.4, 0.5) is 5.69 Å². The van der Waals surface area contributed by atoms with Crippen molar-refractivity contribution in [2.75, 3.05) is 4.72 Å². The lowest BCUT2D eigenvalue weighted by atomic mass is 10.3. The normalized spacial score (nSPS) is 11.6. The van der Waals surface area contributed by atoms with E-state index in [0.717, 1.165) is 12.9 Å². The molecule has 0 saturated carbocycles. The molecular formula is C11H8Br2INO2S2. The van der Waals surface area contributed by atoms with E-state index in [2.05, 4.69) is 59.2 Å². The first-order chi connectivity index (χ1) is 8.79. The van der Waals surface area contributed by atoms with Gasteiger partial charge in [0.05, 0.1) is 9.47 Å². The van der Waals surface area contributed by atoms with Gasteiger partial charge in [0.1, 0.15) is 4.21 Å². The van der Waals surface area contributed by atoms with Gasteiger partial charge >= 0.3 is 0 Å². The highest BCUT2D eigenvalue weighted by Gasteiger charge is 2.19. The number of anilines is 1. The van der Waals surface area contributed by atoms with E-state index in [1.54, 1.807) is 12.1 Å². The highest BCUT2D eigenvalue weighted by molar-refractivity contribution is 14.1. The SMILES string of the molecule is Cc1cc(S(=O)(=O)Nc2cc(I)ccc2Br)sc1Br. The van der Waals surface area contributed by atoms with Gasteiger partial charge < -0.3 is 0 Å². The van der Waals surface area contributed by atoms with Crippen LogP contribution in [0.5, 0.6) is 0 Å². The lowest BCUT2D eigenvalue weighted by Gasteiger charge is -2.08. The van der Waals surface area contributed by atoms with E-state index in [1.165, 1.54) is 11.3 Å². The lowest BCUT2D eigenvalue weighted by Crippen LogP contribution is -2.12. The minimum atomic E-state index is -3.55. The van der Waals surface area contributed by atoms with Gasteiger partial charge in [-0.25, -0.2) is 8.42 Å². The summed E-state index contributed by atoms with van der Waals surface area (Å²) in [5.74, 6) is 0. The van der Waals surface area contributed by atoms with Gasteiger partial charge in [0, 0.05) is 8.04 Å². The number of aryl methyl sites for hydroxylation is 1. The Morgan fingerprint density at radius 3 is 2.53 bits per heavy atom. The summed E-state index contributed by atoms with van der Waals surface area (Å²) in [6.45, 7) is 1.86. The fraction of sp³-hybridized carbons (Fsp3) is 0.0909. The van der Waals surface area contributed by atoms with Crippen molar-refractivity contribution in [3.8, 4) is 0 Å². The molecule has 3 nitrogen and oxygen atoms in total. The average molecular weight is 537 g/mol. The monoisotopic (exact) mass is 535 g/mol. The molecule has 0 unspecified atom stereocenters. The van der Waals surface area contributed by atoms with Crippen LogP contribution in [0.1, 0.15) is 5.56 Å². The van der Waals surface area contributed by atoms with Crippen LogP contribution in [0.15, 0.2) is 36.7 Å². The van der Waals surface area contributed by atoms with Crippen molar-refractivity contribution >= 4 is 81.5 Å². The minimum Gasteiger partial charge on any atom is -0.278 e. The van der Waals surface area contributed by atoms with Gasteiger partial charge in [0.2, 0.25) is 0 Å². The fourth-order valence-electron chi connectivity index (χ4n) is 1.33. The van der Waals surface area contributed by atoms with E-state index in [9.17, 15) is 8.42 Å². The average Bonchev–Trinajstić information content (AvgIpc) is 2.65. The zero-order valence-corrected chi connectivity index (χ0v) is 16.5. The van der Waals surface area contributed by atoms with E-state index in [0.29, 0.717) is 14.4 Å². The van der Waals surface area contributed by atoms with Crippen LogP contribution < -0.4 is 4.72 Å². The topological polar surface area (TPSA) is 46.2 Å². The summed E-state index contributed by atoms with van der Waals surface area (Å²) in [6.07, 6.45) is 0. The molecule has 0 radical (unpaired) electrons. The third-order valence-electron chi connectivity index (χ3n) is 2.27. The summed E-state index contributed by atoms with van der Waals surface area (Å²) < 4.78 is 30.0. The number of rotatable bonds is 3. The van der Waals surface area contributed by atoms with Crippen molar-refractivity contribution in [1.29, 1.82) is 0 Å². The predicted octanol–water partition coefficient (Wildman–Crippen LogP) is 4.99. The van der Waals surface area contributed by atoms with E-state index < -0.39 is 10.0 Å². The van der Waals surface area contributed by atoms with Gasteiger partial charge in [-0.1, -0.05) is 0 Å². The summed E-state index contributed by atoms with van der Waals surface area (Å²) in [4.78, 5) is 0. The Balaban J connectivity index is 2.39. The van der Waals surface area contributed by atoms with E-state index >= 15 is 0 Å². The molecule has 0 bridgehead atoms. The van der Waals surface area contributed by atoms with Gasteiger partial charge in [-0.15, -0.1) is 11.3 Å². The van der Waals surface area contributed by atoms with Crippen LogP contribution in [-0.2, 0) is 10.0 Å². The van der Waals surface area contributed by atoms with Crippen LogP contribution >= 0.6 is 65.8 Å². The first-order valence-corrected chi connectivity index (χ1v) is 10.00. The molecule has 0 atom stereocenters. The summed E-state index contributed by atoms with van der Waals surface area (Å²) in [6, 6.07) is 7.14. The molecule has 0 fully saturated rings. The van der Waals surface area contributed by atoms with Gasteiger partial charge in [0.15, 0.2) is 0 Å². The number of thiophene rings is 1. The molecule has 2 rings (SSSR count). The van der Waals surface area contributed by atoms with Crippen molar-refractivity contribution in [1.82, 2.24) is 0 Å². The molecule has 0 amide bonds. The van der Waals surface area contributed by atoms with E-state index in [1.807, 2.05) is 19.1 Å². The third kappa shape index (κ3) is 3.72. The largest absolute Gasteiger partial charge is 0.278 e. The summed E-state index contributed by atoms with van der Waals surface area (Å²) in [5, 5.41) is 0. The third-order valence-corrected chi connectivity index (χ3v) is 7.61. The van der Waals surface area contributed by atoms with Crippen LogP contribution in [0, 0.1) is 10.5 Å². The molecule has 1 aromatic carbocycles. The molecule has 8 heteroatoms. The van der Waals surface area contributed by atoms with Gasteiger partial charge in [-0.05, 0) is 91.2 Å². The van der Waals surface area contributed by atoms with Gasteiger partial charge in [-0.2, -0.15) is 0 Å². The maximum atomic E-state index is 12.3. The minimum absolute atomic E-state index is 0.294. The second-order valence-electron chi connectivity index (χ2n) is 3.75. The maximum absolute atomic E-state index is 12.3. The van der Waals surface area contributed by atoms with Gasteiger partial charge in [-0.3, -0.25) is 4.72 Å². The second-order valence-corrected chi connectivity index (χ2v) is 10.1. The zero-order valence-electron chi connectivity index (χ0n) is 9.58. The second kappa shape index (κ2) is 6.00. The summed E-state index contributed by atoms with van der Waals surface area (Å²) in [7, 11) is -3.55. The van der Waals surface area contributed by atoms with Crippen molar-refractivity contribution in [2.24, 2.45) is 0 Å². The molecule has 2 aromatic rings. The van der Waals surface area contributed by atoms with Crippen LogP contribution in [-0.4, -0.2) is 8.42 Å². The smallest absolute Gasteiger partial charge is 0.271 e. The zero-order chi connectivity index (χ0) is 14.2. The van der Waals surface area contributed by atoms with Gasteiger partial charge in [0.25, 0.3) is 10.0 Å². The number of sulfonamides is 1. The molecule has 1 heterocycles. The molecule has 0 aliphatic heterocycles. The Hall–Kier alpha value is 0.360. The Bertz CT molecular complexity index is 709. The van der Waals surface area contributed by atoms with E-state index in [-0.39, 0.29) is 0 Å². The van der Waals surface area contributed by atoms with Crippen LogP contribution in [0.3, 0.4) is 0 Å². The Kier molecular flexibility index (Phi) is 4.97. The standard InChI is InChI=1S/C11H8Br2INO2S2/c1-6-4-10(18-11(6)13)19(16,17)15-9-5-7(14)2-3-8(9)12/h2-5,15H,1H3. The highest BCUT2D eigenvalue weighted by Crippen LogP contribution is 2.33. The number of hydrogen-bond donors (Lipinski definition) is 1. The Labute approximate surface area is 146 Å². The molecule has 1 aromatic heterocycles. The van der Waals surface area contributed by atoms with E-state index in [4.69, 9.17) is 0 Å². The predicted molar refractivity (Wildman–Crippen MR) is 94.4 cm³/mol. The molecule has 19 heavy (non-hydrogen) atoms. The summed E-state index contributed by atoms with van der Waals surface area (Å²) in [5.41, 5.74) is 1.45. The maximum Gasteiger partial charge on any atom is 0.271 e. The number of halogens is 3.